The number of rotatable bonds is 2. The Morgan fingerprint density at radius 3 is 2.44 bits per heavy atom. The van der Waals surface area contributed by atoms with E-state index in [0.29, 0.717) is 0 Å². The van der Waals surface area contributed by atoms with Gasteiger partial charge in [0, 0.05) is 25.3 Å². The molecule has 1 aromatic carbocycles. The van der Waals surface area contributed by atoms with E-state index in [0.717, 1.165) is 21.4 Å². The number of hydrogen-bond donors (Lipinski definition) is 0. The summed E-state index contributed by atoms with van der Waals surface area (Å²) < 4.78 is 1.78. The molecule has 0 saturated heterocycles. The summed E-state index contributed by atoms with van der Waals surface area (Å²) in [5.41, 5.74) is 2.29. The molecule has 2 heterocycles. The third-order valence-corrected chi connectivity index (χ3v) is 3.73. The Morgan fingerprint density at radius 1 is 1.11 bits per heavy atom. The van der Waals surface area contributed by atoms with Crippen molar-refractivity contribution in [3.05, 3.63) is 30.1 Å². The molecular formula is C12H13N5S. The third-order valence-electron chi connectivity index (χ3n) is 2.78. The number of anilines is 1. The fourth-order valence-corrected chi connectivity index (χ4v) is 2.62. The molecule has 3 rings (SSSR count). The van der Waals surface area contributed by atoms with Crippen molar-refractivity contribution in [3.8, 4) is 10.6 Å². The number of benzene rings is 1. The summed E-state index contributed by atoms with van der Waals surface area (Å²) in [4.78, 5) is 2.91. The van der Waals surface area contributed by atoms with E-state index in [1.54, 1.807) is 15.9 Å². The first-order valence-corrected chi connectivity index (χ1v) is 6.43. The average Bonchev–Trinajstić information content (AvgIpc) is 2.92. The molecule has 0 amide bonds. The van der Waals surface area contributed by atoms with Gasteiger partial charge in [-0.05, 0) is 31.2 Å². The highest BCUT2D eigenvalue weighted by atomic mass is 32.1. The Bertz CT molecular complexity index is 680. The summed E-state index contributed by atoms with van der Waals surface area (Å²) in [5.74, 6) is 0.817. The van der Waals surface area contributed by atoms with Crippen molar-refractivity contribution in [2.24, 2.45) is 0 Å². The molecule has 0 atom stereocenters. The van der Waals surface area contributed by atoms with Crippen molar-refractivity contribution in [3.63, 3.8) is 0 Å². The van der Waals surface area contributed by atoms with E-state index >= 15 is 0 Å². The molecule has 0 aliphatic carbocycles. The molecule has 92 valence electrons. The Hall–Kier alpha value is -1.95. The maximum atomic E-state index is 4.51. The van der Waals surface area contributed by atoms with Gasteiger partial charge in [-0.1, -0.05) is 11.3 Å². The van der Waals surface area contributed by atoms with Crippen molar-refractivity contribution in [1.82, 2.24) is 19.8 Å². The van der Waals surface area contributed by atoms with Gasteiger partial charge in [0.05, 0.1) is 0 Å². The minimum Gasteiger partial charge on any atom is -0.378 e. The molecule has 0 bridgehead atoms. The maximum absolute atomic E-state index is 4.51. The van der Waals surface area contributed by atoms with Gasteiger partial charge in [-0.3, -0.25) is 0 Å². The predicted octanol–water partition coefficient (Wildman–Crippen LogP) is 2.23. The first-order chi connectivity index (χ1) is 8.65. The van der Waals surface area contributed by atoms with Gasteiger partial charge in [0.1, 0.15) is 5.01 Å². The van der Waals surface area contributed by atoms with Crippen LogP contribution in [0.15, 0.2) is 24.3 Å². The fourth-order valence-electron chi connectivity index (χ4n) is 1.73. The molecule has 3 aromatic rings. The average molecular weight is 259 g/mol. The van der Waals surface area contributed by atoms with E-state index in [-0.39, 0.29) is 0 Å². The lowest BCUT2D eigenvalue weighted by Crippen LogP contribution is -2.07. The highest BCUT2D eigenvalue weighted by Crippen LogP contribution is 2.26. The summed E-state index contributed by atoms with van der Waals surface area (Å²) in [7, 11) is 4.06. The van der Waals surface area contributed by atoms with Crippen LogP contribution in [0, 0.1) is 6.92 Å². The molecule has 0 aliphatic rings. The molecular weight excluding hydrogens is 246 g/mol. The molecule has 18 heavy (non-hydrogen) atoms. The van der Waals surface area contributed by atoms with E-state index in [1.807, 2.05) is 21.0 Å². The molecule has 0 saturated carbocycles. The van der Waals surface area contributed by atoms with Gasteiger partial charge in [-0.25, -0.2) is 0 Å². The zero-order valence-corrected chi connectivity index (χ0v) is 11.3. The lowest BCUT2D eigenvalue weighted by molar-refractivity contribution is 0.898. The molecule has 0 N–H and O–H groups in total. The molecule has 0 radical (unpaired) electrons. The number of aryl methyl sites for hydroxylation is 1. The molecule has 6 heteroatoms. The van der Waals surface area contributed by atoms with Gasteiger partial charge >= 0.3 is 0 Å². The predicted molar refractivity (Wildman–Crippen MR) is 73.2 cm³/mol. The van der Waals surface area contributed by atoms with Crippen molar-refractivity contribution in [2.75, 3.05) is 19.0 Å². The van der Waals surface area contributed by atoms with Crippen LogP contribution in [0.4, 0.5) is 5.69 Å². The summed E-state index contributed by atoms with van der Waals surface area (Å²) in [5, 5.41) is 13.5. The molecule has 0 aliphatic heterocycles. The van der Waals surface area contributed by atoms with Crippen molar-refractivity contribution >= 4 is 22.0 Å². The van der Waals surface area contributed by atoms with E-state index in [1.165, 1.54) is 5.69 Å². The Balaban J connectivity index is 2.03. The van der Waals surface area contributed by atoms with E-state index in [9.17, 15) is 0 Å². The molecule has 0 unspecified atom stereocenters. The Kier molecular flexibility index (Phi) is 2.52. The van der Waals surface area contributed by atoms with Gasteiger partial charge in [0.15, 0.2) is 5.82 Å². The van der Waals surface area contributed by atoms with Gasteiger partial charge in [-0.15, -0.1) is 10.2 Å². The highest BCUT2D eigenvalue weighted by Gasteiger charge is 2.10. The first-order valence-electron chi connectivity index (χ1n) is 5.62. The fraction of sp³-hybridized carbons (Fsp3) is 0.250. The monoisotopic (exact) mass is 259 g/mol. The normalized spacial score (nSPS) is 11.1. The summed E-state index contributed by atoms with van der Waals surface area (Å²) in [6, 6.07) is 8.34. The van der Waals surface area contributed by atoms with Crippen LogP contribution < -0.4 is 4.90 Å². The van der Waals surface area contributed by atoms with Crippen LogP contribution in [-0.2, 0) is 0 Å². The SMILES string of the molecule is Cc1nnc2sc(-c3ccc(N(C)C)cc3)nn12. The number of nitrogens with zero attached hydrogens (tertiary/aromatic N) is 5. The zero-order valence-electron chi connectivity index (χ0n) is 10.5. The Morgan fingerprint density at radius 2 is 1.83 bits per heavy atom. The summed E-state index contributed by atoms with van der Waals surface area (Å²) in [6.45, 7) is 1.90. The second kappa shape index (κ2) is 4.06. The van der Waals surface area contributed by atoms with Crippen molar-refractivity contribution in [2.45, 2.75) is 6.92 Å². The zero-order chi connectivity index (χ0) is 12.7. The summed E-state index contributed by atoms with van der Waals surface area (Å²) >= 11 is 1.55. The van der Waals surface area contributed by atoms with Crippen LogP contribution in [0.25, 0.3) is 15.5 Å². The van der Waals surface area contributed by atoms with Crippen LogP contribution in [0.2, 0.25) is 0 Å². The van der Waals surface area contributed by atoms with Crippen LogP contribution in [0.3, 0.4) is 0 Å². The van der Waals surface area contributed by atoms with Gasteiger partial charge in [-0.2, -0.15) is 9.61 Å². The van der Waals surface area contributed by atoms with Crippen LogP contribution in [0.5, 0.6) is 0 Å². The van der Waals surface area contributed by atoms with Crippen LogP contribution in [-0.4, -0.2) is 33.9 Å². The van der Waals surface area contributed by atoms with Crippen LogP contribution in [0.1, 0.15) is 5.82 Å². The van der Waals surface area contributed by atoms with Crippen molar-refractivity contribution in [1.29, 1.82) is 0 Å². The lowest BCUT2D eigenvalue weighted by atomic mass is 10.2. The standard InChI is InChI=1S/C12H13N5S/c1-8-13-14-12-17(8)15-11(18-12)9-4-6-10(7-5-9)16(2)3/h4-7H,1-3H3. The molecule has 2 aromatic heterocycles. The number of hydrogen-bond acceptors (Lipinski definition) is 5. The molecule has 5 nitrogen and oxygen atoms in total. The largest absolute Gasteiger partial charge is 0.378 e. The smallest absolute Gasteiger partial charge is 0.234 e. The molecule has 0 fully saturated rings. The second-order valence-electron chi connectivity index (χ2n) is 4.29. The van der Waals surface area contributed by atoms with Gasteiger partial charge < -0.3 is 4.90 Å². The number of aromatic nitrogens is 4. The van der Waals surface area contributed by atoms with E-state index in [4.69, 9.17) is 0 Å². The number of fused-ring (bicyclic) bond motifs is 1. The van der Waals surface area contributed by atoms with Gasteiger partial charge in [0.25, 0.3) is 0 Å². The third kappa shape index (κ3) is 1.74. The molecule has 0 spiro atoms. The van der Waals surface area contributed by atoms with Crippen molar-refractivity contribution < 1.29 is 0 Å². The first kappa shape index (κ1) is 11.2. The minimum atomic E-state index is 0.817. The van der Waals surface area contributed by atoms with E-state index < -0.39 is 0 Å². The minimum absolute atomic E-state index is 0.817. The topological polar surface area (TPSA) is 46.3 Å². The van der Waals surface area contributed by atoms with E-state index in [2.05, 4.69) is 44.5 Å². The van der Waals surface area contributed by atoms with Gasteiger partial charge in [0.2, 0.25) is 4.96 Å². The lowest BCUT2D eigenvalue weighted by Gasteiger charge is -2.11. The Labute approximate surface area is 109 Å². The van der Waals surface area contributed by atoms with Crippen LogP contribution >= 0.6 is 11.3 Å². The second-order valence-corrected chi connectivity index (χ2v) is 5.25. The summed E-state index contributed by atoms with van der Waals surface area (Å²) in [6.07, 6.45) is 0. The highest BCUT2D eigenvalue weighted by molar-refractivity contribution is 7.19. The quantitative estimate of drug-likeness (QED) is 0.708. The maximum Gasteiger partial charge on any atom is 0.234 e.